The van der Waals surface area contributed by atoms with Crippen LogP contribution in [0.1, 0.15) is 36.4 Å². The van der Waals surface area contributed by atoms with Gasteiger partial charge in [0, 0.05) is 41.8 Å². The van der Waals surface area contributed by atoms with Crippen LogP contribution in [0, 0.1) is 23.0 Å². The number of aromatic nitrogens is 3. The molecule has 3 aliphatic rings. The van der Waals surface area contributed by atoms with E-state index in [2.05, 4.69) is 15.0 Å². The van der Waals surface area contributed by atoms with Crippen LogP contribution in [0.25, 0.3) is 32.1 Å². The lowest BCUT2D eigenvalue weighted by Crippen LogP contribution is -2.43. The highest BCUT2D eigenvalue weighted by Crippen LogP contribution is 2.52. The van der Waals surface area contributed by atoms with Crippen LogP contribution in [-0.2, 0) is 0 Å². The van der Waals surface area contributed by atoms with E-state index in [9.17, 15) is 22.8 Å². The number of rotatable bonds is 7. The summed E-state index contributed by atoms with van der Waals surface area (Å²) in [6.45, 7) is 0.558. The second kappa shape index (κ2) is 13.4. The first-order valence-corrected chi connectivity index (χ1v) is 18.0. The number of hydrogen-bond donors (Lipinski definition) is 2. The molecule has 5 aromatic rings. The molecule has 0 aliphatic carbocycles. The Balaban J connectivity index is 1.38. The van der Waals surface area contributed by atoms with Gasteiger partial charge in [-0.15, -0.1) is 11.3 Å². The van der Waals surface area contributed by atoms with Crippen LogP contribution in [-0.4, -0.2) is 70.6 Å². The maximum Gasteiger partial charge on any atom is 0.409 e. The number of halogens is 7. The minimum Gasteiger partial charge on any atom is -0.489 e. The molecular weight excluding hydrogens is 758 g/mol. The summed E-state index contributed by atoms with van der Waals surface area (Å²) in [7, 11) is 0. The number of alkyl halides is 4. The number of pyridine rings is 1. The van der Waals surface area contributed by atoms with Gasteiger partial charge >= 0.3 is 12.2 Å². The molecular formula is C36H29ClF6N8O2S. The molecule has 54 heavy (non-hydrogen) atoms. The van der Waals surface area contributed by atoms with Crippen molar-refractivity contribution in [3.05, 3.63) is 70.4 Å². The summed E-state index contributed by atoms with van der Waals surface area (Å²) in [5, 5.41) is 9.62. The zero-order chi connectivity index (χ0) is 38.1. The zero-order valence-electron chi connectivity index (χ0n) is 28.1. The molecule has 3 aliphatic heterocycles. The highest BCUT2D eigenvalue weighted by Gasteiger charge is 2.49. The number of nitrogens with two attached hydrogens (primary N) is 2. The molecule has 2 saturated heterocycles. The van der Waals surface area contributed by atoms with Gasteiger partial charge in [0.05, 0.1) is 38.8 Å². The van der Waals surface area contributed by atoms with Gasteiger partial charge in [-0.25, -0.2) is 18.2 Å². The number of anilines is 3. The van der Waals surface area contributed by atoms with Gasteiger partial charge in [0.2, 0.25) is 0 Å². The fourth-order valence-corrected chi connectivity index (χ4v) is 9.20. The first-order chi connectivity index (χ1) is 25.8. The number of thiophene rings is 1. The van der Waals surface area contributed by atoms with Crippen LogP contribution in [0.2, 0.25) is 5.02 Å². The van der Waals surface area contributed by atoms with Gasteiger partial charge in [-0.3, -0.25) is 4.90 Å². The van der Waals surface area contributed by atoms with E-state index in [0.29, 0.717) is 13.0 Å². The van der Waals surface area contributed by atoms with Crippen molar-refractivity contribution in [3.63, 3.8) is 0 Å². The molecule has 0 amide bonds. The number of nitrogen functional groups attached to an aromatic ring is 2. The Morgan fingerprint density at radius 1 is 1.19 bits per heavy atom. The summed E-state index contributed by atoms with van der Waals surface area (Å²) in [5.74, 6) is -1.99. The van der Waals surface area contributed by atoms with E-state index in [1.807, 2.05) is 11.0 Å². The molecule has 0 spiro atoms. The Labute approximate surface area is 312 Å². The van der Waals surface area contributed by atoms with Gasteiger partial charge in [-0.2, -0.15) is 28.4 Å². The van der Waals surface area contributed by atoms with Gasteiger partial charge in [-0.1, -0.05) is 29.8 Å². The molecule has 3 aromatic heterocycles. The van der Waals surface area contributed by atoms with E-state index in [1.54, 1.807) is 0 Å². The second-order valence-electron chi connectivity index (χ2n) is 13.4. The smallest absolute Gasteiger partial charge is 0.409 e. The quantitative estimate of drug-likeness (QED) is 0.124. The third-order valence-corrected chi connectivity index (χ3v) is 11.6. The normalized spacial score (nSPS) is 20.7. The second-order valence-corrected chi connectivity index (χ2v) is 14.8. The molecule has 1 unspecified atom stereocenters. The first-order valence-electron chi connectivity index (χ1n) is 16.8. The summed E-state index contributed by atoms with van der Waals surface area (Å²) < 4.78 is 101. The Morgan fingerprint density at radius 2 is 2.00 bits per heavy atom. The van der Waals surface area contributed by atoms with E-state index < -0.39 is 35.6 Å². The van der Waals surface area contributed by atoms with Gasteiger partial charge < -0.3 is 25.8 Å². The van der Waals surface area contributed by atoms with E-state index in [1.165, 1.54) is 29.3 Å². The number of nitrogens with zero attached hydrogens (tertiary/aromatic N) is 6. The SMILES string of the molecule is N#Cc1c(N)sc2c(F)ccc(-c3c(Cl)c4c5c(nc(OC[C@@]67CCCN6C[C@H](F)C7)nc5c3F)N(C(/C=C/C(F)(F)F)c3cccnc3N)CCO4)c12. The Hall–Kier alpha value is -5.05. The van der Waals surface area contributed by atoms with Gasteiger partial charge in [-0.05, 0) is 37.1 Å². The third kappa shape index (κ3) is 5.96. The standard InChI is InChI=1S/C36H29ClF6N8O2S/c37-26-24(19-4-5-21(39)30-23(19)20(14-44)32(46)54-30)27(40)28-25-29(26)52-12-11-51(22(6-8-36(41,42)43)18-3-1-9-47-31(18)45)33(25)49-34(48-28)53-16-35-7-2-10-50(35)15-17(38)13-35/h1,3-6,8-9,17,22H,2,7,10-13,15-16,46H2,(H2,45,47)/b8-6+/t17-,22?,35+/m1/s1. The maximum absolute atomic E-state index is 17.4. The molecule has 0 saturated carbocycles. The molecule has 0 bridgehead atoms. The number of fused-ring (bicyclic) bond motifs is 2. The van der Waals surface area contributed by atoms with E-state index in [4.69, 9.17) is 32.5 Å². The largest absolute Gasteiger partial charge is 0.489 e. The molecule has 6 heterocycles. The van der Waals surface area contributed by atoms with Crippen LogP contribution in [0.5, 0.6) is 11.8 Å². The summed E-state index contributed by atoms with van der Waals surface area (Å²) in [5.41, 5.74) is 11.1. The average molecular weight is 787 g/mol. The molecule has 18 heteroatoms. The molecule has 2 aromatic carbocycles. The number of nitriles is 1. The van der Waals surface area contributed by atoms with Crippen molar-refractivity contribution in [2.45, 2.75) is 43.2 Å². The molecule has 280 valence electrons. The van der Waals surface area contributed by atoms with Crippen molar-refractivity contribution in [3.8, 4) is 29.0 Å². The Morgan fingerprint density at radius 3 is 2.76 bits per heavy atom. The lowest BCUT2D eigenvalue weighted by molar-refractivity contribution is -0.0801. The minimum atomic E-state index is -4.72. The van der Waals surface area contributed by atoms with Gasteiger partial charge in [0.1, 0.15) is 53.4 Å². The van der Waals surface area contributed by atoms with Crippen molar-refractivity contribution in [2.75, 3.05) is 49.2 Å². The minimum absolute atomic E-state index is 0.000991. The Kier molecular flexibility index (Phi) is 8.89. The Bertz CT molecular complexity index is 2400. The van der Waals surface area contributed by atoms with Gasteiger partial charge in [0.25, 0.3) is 0 Å². The fraction of sp³-hybridized carbons (Fsp3) is 0.333. The number of hydrogen-bond acceptors (Lipinski definition) is 11. The molecule has 0 radical (unpaired) electrons. The van der Waals surface area contributed by atoms with Crippen LogP contribution in [0.3, 0.4) is 0 Å². The van der Waals surface area contributed by atoms with E-state index in [0.717, 1.165) is 29.9 Å². The first kappa shape index (κ1) is 36.0. The molecule has 8 rings (SSSR count). The molecule has 4 N–H and O–H groups in total. The van der Waals surface area contributed by atoms with Crippen molar-refractivity contribution < 1.29 is 35.8 Å². The van der Waals surface area contributed by atoms with E-state index in [-0.39, 0.29) is 115 Å². The zero-order valence-corrected chi connectivity index (χ0v) is 29.6. The monoisotopic (exact) mass is 786 g/mol. The van der Waals surface area contributed by atoms with Crippen LogP contribution in [0.15, 0.2) is 42.6 Å². The van der Waals surface area contributed by atoms with Crippen molar-refractivity contribution in [2.24, 2.45) is 0 Å². The maximum atomic E-state index is 17.4. The van der Waals surface area contributed by atoms with Crippen LogP contribution in [0.4, 0.5) is 43.0 Å². The van der Waals surface area contributed by atoms with Crippen molar-refractivity contribution in [1.82, 2.24) is 19.9 Å². The predicted octanol–water partition coefficient (Wildman–Crippen LogP) is 7.89. The fourth-order valence-electron chi connectivity index (χ4n) is 7.91. The highest BCUT2D eigenvalue weighted by atomic mass is 35.5. The van der Waals surface area contributed by atoms with E-state index >= 15 is 8.78 Å². The molecule has 3 atom stereocenters. The highest BCUT2D eigenvalue weighted by molar-refractivity contribution is 7.23. The lowest BCUT2D eigenvalue weighted by Gasteiger charge is -2.32. The van der Waals surface area contributed by atoms with Crippen LogP contribution >= 0.6 is 22.9 Å². The van der Waals surface area contributed by atoms with Crippen molar-refractivity contribution >= 4 is 60.6 Å². The summed E-state index contributed by atoms with van der Waals surface area (Å²) in [4.78, 5) is 16.6. The predicted molar refractivity (Wildman–Crippen MR) is 192 cm³/mol. The van der Waals surface area contributed by atoms with Crippen LogP contribution < -0.4 is 25.8 Å². The number of ether oxygens (including phenoxy) is 2. The number of benzene rings is 2. The van der Waals surface area contributed by atoms with Crippen molar-refractivity contribution in [1.29, 1.82) is 5.26 Å². The molecule has 10 nitrogen and oxygen atoms in total. The summed E-state index contributed by atoms with van der Waals surface area (Å²) in [6, 6.07) is 5.73. The third-order valence-electron chi connectivity index (χ3n) is 10.2. The summed E-state index contributed by atoms with van der Waals surface area (Å²) in [6.07, 6.45) is -1.80. The summed E-state index contributed by atoms with van der Waals surface area (Å²) >= 11 is 7.81. The topological polar surface area (TPSA) is 139 Å². The number of allylic oxidation sites excluding steroid dienone is 1. The lowest BCUT2D eigenvalue weighted by atomic mass is 9.95. The van der Waals surface area contributed by atoms with Gasteiger partial charge in [0.15, 0.2) is 11.6 Å². The average Bonchev–Trinajstić information content (AvgIpc) is 3.73. The molecule has 2 fully saturated rings.